The summed E-state index contributed by atoms with van der Waals surface area (Å²) in [5, 5.41) is 11.5. The zero-order valence-electron chi connectivity index (χ0n) is 18.3. The number of amides is 2. The van der Waals surface area contributed by atoms with E-state index >= 15 is 0 Å². The lowest BCUT2D eigenvalue weighted by molar-refractivity contribution is 0.0246. The summed E-state index contributed by atoms with van der Waals surface area (Å²) in [6.45, 7) is 0.770. The lowest BCUT2D eigenvalue weighted by Crippen LogP contribution is -2.44. The molecule has 0 radical (unpaired) electrons. The van der Waals surface area contributed by atoms with Gasteiger partial charge in [-0.3, -0.25) is 9.78 Å². The summed E-state index contributed by atoms with van der Waals surface area (Å²) < 4.78 is 28.1. The molecule has 9 nitrogen and oxygen atoms in total. The topological polar surface area (TPSA) is 111 Å². The molecule has 0 saturated carbocycles. The number of rotatable bonds is 7. The number of pyridine rings is 1. The lowest BCUT2D eigenvalue weighted by atomic mass is 10.1. The molecule has 1 aromatic heterocycles. The van der Waals surface area contributed by atoms with Crippen molar-refractivity contribution in [3.8, 4) is 0 Å². The molecule has 0 unspecified atom stereocenters. The van der Waals surface area contributed by atoms with Gasteiger partial charge in [-0.15, -0.1) is 0 Å². The van der Waals surface area contributed by atoms with E-state index in [-0.39, 0.29) is 24.5 Å². The van der Waals surface area contributed by atoms with Crippen molar-refractivity contribution in [2.24, 2.45) is 0 Å². The molecule has 3 aromatic rings. The minimum absolute atomic E-state index is 0.0766. The van der Waals surface area contributed by atoms with Gasteiger partial charge in [0.15, 0.2) is 0 Å². The van der Waals surface area contributed by atoms with E-state index < -0.39 is 22.0 Å². The van der Waals surface area contributed by atoms with Crippen molar-refractivity contribution in [2.45, 2.75) is 24.4 Å². The van der Waals surface area contributed by atoms with Crippen molar-refractivity contribution >= 4 is 22.0 Å². The molecular formula is C24H24N4O5S. The predicted octanol–water partition coefficient (Wildman–Crippen LogP) is 3.21. The maximum atomic E-state index is 13.4. The van der Waals surface area contributed by atoms with Crippen LogP contribution in [0.5, 0.6) is 0 Å². The van der Waals surface area contributed by atoms with Gasteiger partial charge in [0.1, 0.15) is 0 Å². The molecule has 1 N–H and O–H groups in total. The van der Waals surface area contributed by atoms with Crippen LogP contribution in [0.4, 0.5) is 4.79 Å². The first-order chi connectivity index (χ1) is 16.4. The molecule has 4 rings (SSSR count). The minimum Gasteiger partial charge on any atom is -0.464 e. The summed E-state index contributed by atoms with van der Waals surface area (Å²) in [7, 11) is -3.81. The molecule has 2 aromatic carbocycles. The van der Waals surface area contributed by atoms with Gasteiger partial charge in [-0.1, -0.05) is 36.4 Å². The third kappa shape index (κ3) is 5.08. The number of carboxylic acid groups (broad SMARTS) is 1. The van der Waals surface area contributed by atoms with E-state index in [1.165, 1.54) is 9.31 Å². The van der Waals surface area contributed by atoms with Crippen molar-refractivity contribution in [3.63, 3.8) is 0 Å². The average Bonchev–Trinajstić information content (AvgIpc) is 3.35. The Bertz CT molecular complexity index is 1250. The number of hydrogen-bond acceptors (Lipinski definition) is 5. The van der Waals surface area contributed by atoms with Crippen molar-refractivity contribution in [1.29, 1.82) is 0 Å². The molecule has 1 aliphatic heterocycles. The van der Waals surface area contributed by atoms with Crippen molar-refractivity contribution < 1.29 is 23.1 Å². The number of hydrogen-bond donors (Lipinski definition) is 1. The van der Waals surface area contributed by atoms with Crippen LogP contribution in [0.2, 0.25) is 0 Å². The quantitative estimate of drug-likeness (QED) is 0.556. The van der Waals surface area contributed by atoms with Crippen LogP contribution >= 0.6 is 0 Å². The highest BCUT2D eigenvalue weighted by Gasteiger charge is 2.31. The van der Waals surface area contributed by atoms with E-state index in [4.69, 9.17) is 0 Å². The highest BCUT2D eigenvalue weighted by Crippen LogP contribution is 2.22. The van der Waals surface area contributed by atoms with Crippen molar-refractivity contribution in [3.05, 3.63) is 95.8 Å². The number of aromatic nitrogens is 1. The summed E-state index contributed by atoms with van der Waals surface area (Å²) in [6.07, 6.45) is 1.02. The Morgan fingerprint density at radius 3 is 2.21 bits per heavy atom. The standard InChI is InChI=1S/C24H24N4O5S/c29-23(27-15-6-16-28(27)24(30)31)20-12-10-19(11-13-20)17-26(18-21-7-4-5-14-25-21)34(32,33)22-8-2-1-3-9-22/h1-5,7-14H,6,15-18H2,(H,30,31). The number of carbonyl (C=O) groups is 2. The van der Waals surface area contributed by atoms with Crippen LogP contribution in [0.25, 0.3) is 0 Å². The van der Waals surface area contributed by atoms with Crippen LogP contribution in [0, 0.1) is 0 Å². The van der Waals surface area contributed by atoms with E-state index in [1.807, 2.05) is 0 Å². The fraction of sp³-hybridized carbons (Fsp3) is 0.208. The van der Waals surface area contributed by atoms with E-state index in [1.54, 1.807) is 79.0 Å². The van der Waals surface area contributed by atoms with Gasteiger partial charge >= 0.3 is 6.09 Å². The Morgan fingerprint density at radius 1 is 0.882 bits per heavy atom. The monoisotopic (exact) mass is 480 g/mol. The van der Waals surface area contributed by atoms with E-state index in [0.717, 1.165) is 5.01 Å². The van der Waals surface area contributed by atoms with E-state index in [2.05, 4.69) is 4.98 Å². The summed E-state index contributed by atoms with van der Waals surface area (Å²) >= 11 is 0. The third-order valence-corrected chi connectivity index (χ3v) is 7.30. The van der Waals surface area contributed by atoms with Crippen LogP contribution < -0.4 is 0 Å². The van der Waals surface area contributed by atoms with E-state index in [9.17, 15) is 23.1 Å². The summed E-state index contributed by atoms with van der Waals surface area (Å²) in [5.74, 6) is -0.409. The van der Waals surface area contributed by atoms with Crippen molar-refractivity contribution in [1.82, 2.24) is 19.3 Å². The summed E-state index contributed by atoms with van der Waals surface area (Å²) in [5.41, 5.74) is 1.62. The first-order valence-electron chi connectivity index (χ1n) is 10.7. The molecular weight excluding hydrogens is 456 g/mol. The maximum absolute atomic E-state index is 13.4. The molecule has 10 heteroatoms. The Kier molecular flexibility index (Phi) is 6.90. The largest absolute Gasteiger partial charge is 0.464 e. The van der Waals surface area contributed by atoms with Gasteiger partial charge in [-0.25, -0.2) is 23.2 Å². The predicted molar refractivity (Wildman–Crippen MR) is 124 cm³/mol. The van der Waals surface area contributed by atoms with Gasteiger partial charge in [0.2, 0.25) is 10.0 Å². The van der Waals surface area contributed by atoms with Crippen LogP contribution in [-0.2, 0) is 23.1 Å². The highest BCUT2D eigenvalue weighted by atomic mass is 32.2. The van der Waals surface area contributed by atoms with Gasteiger partial charge in [0, 0.05) is 31.4 Å². The van der Waals surface area contributed by atoms with Crippen LogP contribution in [0.1, 0.15) is 28.0 Å². The number of sulfonamides is 1. The van der Waals surface area contributed by atoms with Crippen molar-refractivity contribution in [2.75, 3.05) is 13.1 Å². The molecule has 0 atom stereocenters. The molecule has 0 bridgehead atoms. The minimum atomic E-state index is -3.81. The smallest absolute Gasteiger partial charge is 0.426 e. The fourth-order valence-corrected chi connectivity index (χ4v) is 5.19. The Labute approximate surface area is 197 Å². The zero-order valence-corrected chi connectivity index (χ0v) is 19.1. The van der Waals surface area contributed by atoms with Gasteiger partial charge < -0.3 is 5.11 Å². The fourth-order valence-electron chi connectivity index (χ4n) is 3.77. The second-order valence-electron chi connectivity index (χ2n) is 7.79. The molecule has 1 aliphatic rings. The Morgan fingerprint density at radius 2 is 1.56 bits per heavy atom. The molecule has 2 heterocycles. The summed E-state index contributed by atoms with van der Waals surface area (Å²) in [4.78, 5) is 28.6. The van der Waals surface area contributed by atoms with Crippen LogP contribution in [0.3, 0.4) is 0 Å². The first-order valence-corrected chi connectivity index (χ1v) is 12.2. The lowest BCUT2D eigenvalue weighted by Gasteiger charge is -2.25. The Balaban J connectivity index is 1.57. The normalized spacial score (nSPS) is 13.9. The van der Waals surface area contributed by atoms with Gasteiger partial charge in [-0.05, 0) is 48.4 Å². The SMILES string of the molecule is O=C(O)N1CCCN1C(=O)c1ccc(CN(Cc2ccccn2)S(=O)(=O)c2ccccc2)cc1. The molecule has 1 fully saturated rings. The second kappa shape index (κ2) is 10.0. The van der Waals surface area contributed by atoms with Gasteiger partial charge in [-0.2, -0.15) is 4.31 Å². The number of hydrazine groups is 1. The average molecular weight is 481 g/mol. The van der Waals surface area contributed by atoms with E-state index in [0.29, 0.717) is 29.8 Å². The molecule has 1 saturated heterocycles. The molecule has 176 valence electrons. The summed E-state index contributed by atoms with van der Waals surface area (Å²) in [6, 6.07) is 20.1. The second-order valence-corrected chi connectivity index (χ2v) is 9.73. The van der Waals surface area contributed by atoms with Gasteiger partial charge in [0.05, 0.1) is 17.1 Å². The molecule has 34 heavy (non-hydrogen) atoms. The third-order valence-electron chi connectivity index (χ3n) is 5.49. The molecule has 0 spiro atoms. The van der Waals surface area contributed by atoms with Crippen LogP contribution in [0.15, 0.2) is 83.9 Å². The number of benzene rings is 2. The molecule has 0 aliphatic carbocycles. The maximum Gasteiger partial charge on any atom is 0.426 e. The highest BCUT2D eigenvalue weighted by molar-refractivity contribution is 7.89. The molecule has 2 amide bonds. The first kappa shape index (κ1) is 23.4. The number of nitrogens with zero attached hydrogens (tertiary/aromatic N) is 4. The zero-order chi connectivity index (χ0) is 24.1. The van der Waals surface area contributed by atoms with Crippen LogP contribution in [-0.4, -0.2) is 57.9 Å². The van der Waals surface area contributed by atoms with Gasteiger partial charge in [0.25, 0.3) is 5.91 Å². The number of carbonyl (C=O) groups excluding carboxylic acids is 1. The Hall–Kier alpha value is -3.76.